The molecule has 1 aromatic carbocycles. The van der Waals surface area contributed by atoms with Crippen molar-refractivity contribution < 1.29 is 14.5 Å². The Hall–Kier alpha value is -2.70. The zero-order valence-corrected chi connectivity index (χ0v) is 13.6. The summed E-state index contributed by atoms with van der Waals surface area (Å²) >= 11 is 0. The van der Waals surface area contributed by atoms with Crippen molar-refractivity contribution in [1.82, 2.24) is 5.32 Å². The highest BCUT2D eigenvalue weighted by Crippen LogP contribution is 2.37. The van der Waals surface area contributed by atoms with Gasteiger partial charge in [-0.1, -0.05) is 12.1 Å². The summed E-state index contributed by atoms with van der Waals surface area (Å²) in [4.78, 5) is 27.9. The lowest BCUT2D eigenvalue weighted by molar-refractivity contribution is -0.385. The molecule has 1 aromatic rings. The van der Waals surface area contributed by atoms with Crippen molar-refractivity contribution in [2.24, 2.45) is 10.9 Å². The largest absolute Gasteiger partial charge is 0.462 e. The van der Waals surface area contributed by atoms with Crippen LogP contribution in [-0.2, 0) is 9.53 Å². The first-order valence-electron chi connectivity index (χ1n) is 7.90. The van der Waals surface area contributed by atoms with Crippen LogP contribution in [0.2, 0.25) is 0 Å². The highest BCUT2D eigenvalue weighted by molar-refractivity contribution is 5.95. The molecule has 7 nitrogen and oxygen atoms in total. The van der Waals surface area contributed by atoms with Crippen LogP contribution in [-0.4, -0.2) is 23.3 Å². The molecule has 0 amide bonds. The van der Waals surface area contributed by atoms with Crippen LogP contribution < -0.4 is 5.32 Å². The molecule has 24 heavy (non-hydrogen) atoms. The van der Waals surface area contributed by atoms with E-state index < -0.39 is 16.9 Å². The van der Waals surface area contributed by atoms with Crippen LogP contribution in [0.4, 0.5) is 5.69 Å². The maximum atomic E-state index is 12.6. The fraction of sp³-hybridized carbons (Fsp3) is 0.412. The van der Waals surface area contributed by atoms with Gasteiger partial charge in [-0.3, -0.25) is 15.1 Å². The maximum Gasteiger partial charge on any atom is 0.338 e. The number of amidine groups is 1. The van der Waals surface area contributed by atoms with Crippen LogP contribution in [0.25, 0.3) is 0 Å². The topological polar surface area (TPSA) is 93.8 Å². The molecule has 1 heterocycles. The molecule has 3 rings (SSSR count). The average Bonchev–Trinajstić information content (AvgIpc) is 3.36. The van der Waals surface area contributed by atoms with Gasteiger partial charge in [-0.05, 0) is 38.7 Å². The van der Waals surface area contributed by atoms with E-state index in [1.165, 1.54) is 6.07 Å². The van der Waals surface area contributed by atoms with Crippen LogP contribution in [0.15, 0.2) is 40.5 Å². The van der Waals surface area contributed by atoms with E-state index in [2.05, 4.69) is 10.3 Å². The number of rotatable bonds is 5. The van der Waals surface area contributed by atoms with Crippen molar-refractivity contribution >= 4 is 17.5 Å². The first-order chi connectivity index (χ1) is 11.5. The van der Waals surface area contributed by atoms with Gasteiger partial charge >= 0.3 is 5.97 Å². The number of hydrogen-bond acceptors (Lipinski definition) is 6. The van der Waals surface area contributed by atoms with E-state index in [4.69, 9.17) is 4.74 Å². The third kappa shape index (κ3) is 3.29. The monoisotopic (exact) mass is 329 g/mol. The first kappa shape index (κ1) is 16.2. The molecule has 0 spiro atoms. The molecule has 1 atom stereocenters. The van der Waals surface area contributed by atoms with Gasteiger partial charge in [0.05, 0.1) is 28.5 Å². The second-order valence-electron chi connectivity index (χ2n) is 6.14. The van der Waals surface area contributed by atoms with Gasteiger partial charge in [-0.15, -0.1) is 0 Å². The zero-order chi connectivity index (χ0) is 17.3. The number of benzene rings is 1. The summed E-state index contributed by atoms with van der Waals surface area (Å²) in [5, 5.41) is 14.4. The minimum absolute atomic E-state index is 0.0544. The summed E-state index contributed by atoms with van der Waals surface area (Å²) in [6, 6.07) is 5.62. The smallest absolute Gasteiger partial charge is 0.338 e. The summed E-state index contributed by atoms with van der Waals surface area (Å²) in [6.45, 7) is 3.91. The van der Waals surface area contributed by atoms with Crippen molar-refractivity contribution in [3.8, 4) is 0 Å². The van der Waals surface area contributed by atoms with Gasteiger partial charge in [0.1, 0.15) is 6.04 Å². The van der Waals surface area contributed by atoms with E-state index in [0.29, 0.717) is 35.2 Å². The van der Waals surface area contributed by atoms with Crippen LogP contribution in [0, 0.1) is 16.0 Å². The lowest BCUT2D eigenvalue weighted by Crippen LogP contribution is -2.30. The minimum atomic E-state index is -0.737. The maximum absolute atomic E-state index is 12.6. The summed E-state index contributed by atoms with van der Waals surface area (Å²) < 4.78 is 5.39. The van der Waals surface area contributed by atoms with E-state index in [-0.39, 0.29) is 5.69 Å². The average molecular weight is 329 g/mol. The molecule has 1 N–H and O–H groups in total. The Morgan fingerprint density at radius 3 is 2.75 bits per heavy atom. The number of nitro benzene ring substituents is 1. The molecule has 1 unspecified atom stereocenters. The standard InChI is InChI=1S/C17H19N3O4/c1-10-15(17(21)24-9-12-7-8-12)16(19-11(2)18-10)13-5-3-4-6-14(13)20(22)23/h3-6,12,16H,7-9H2,1-2H3,(H,18,19). The molecule has 1 aliphatic heterocycles. The Balaban J connectivity index is 1.97. The van der Waals surface area contributed by atoms with E-state index in [1.54, 1.807) is 32.0 Å². The van der Waals surface area contributed by atoms with Crippen molar-refractivity contribution in [1.29, 1.82) is 0 Å². The van der Waals surface area contributed by atoms with Gasteiger partial charge < -0.3 is 10.1 Å². The first-order valence-corrected chi connectivity index (χ1v) is 7.90. The molecule has 0 aromatic heterocycles. The quantitative estimate of drug-likeness (QED) is 0.509. The molecule has 1 aliphatic carbocycles. The number of carbonyl (C=O) groups is 1. The SMILES string of the molecule is CC1=NC(c2ccccc2[N+](=O)[O-])C(C(=O)OCC2CC2)=C(C)N1. The lowest BCUT2D eigenvalue weighted by Gasteiger charge is -2.24. The molecule has 0 saturated heterocycles. The summed E-state index contributed by atoms with van der Waals surface area (Å²) in [7, 11) is 0. The van der Waals surface area contributed by atoms with E-state index in [9.17, 15) is 14.9 Å². The van der Waals surface area contributed by atoms with Gasteiger partial charge in [-0.25, -0.2) is 4.79 Å². The number of carbonyl (C=O) groups excluding carboxylic acids is 1. The number of allylic oxidation sites excluding steroid dienone is 1. The highest BCUT2D eigenvalue weighted by atomic mass is 16.6. The molecule has 1 fully saturated rings. The second kappa shape index (κ2) is 6.43. The predicted molar refractivity (Wildman–Crippen MR) is 88.5 cm³/mol. The van der Waals surface area contributed by atoms with Crippen LogP contribution in [0.5, 0.6) is 0 Å². The third-order valence-electron chi connectivity index (χ3n) is 4.16. The lowest BCUT2D eigenvalue weighted by atomic mass is 9.95. The molecule has 2 aliphatic rings. The van der Waals surface area contributed by atoms with Crippen LogP contribution in [0.1, 0.15) is 38.3 Å². The fourth-order valence-corrected chi connectivity index (χ4v) is 2.76. The number of nitro groups is 1. The number of hydrogen-bond donors (Lipinski definition) is 1. The van der Waals surface area contributed by atoms with Crippen LogP contribution in [0.3, 0.4) is 0 Å². The van der Waals surface area contributed by atoms with Crippen molar-refractivity contribution in [2.75, 3.05) is 6.61 Å². The van der Waals surface area contributed by atoms with E-state index >= 15 is 0 Å². The normalized spacial score (nSPS) is 20.2. The minimum Gasteiger partial charge on any atom is -0.462 e. The zero-order valence-electron chi connectivity index (χ0n) is 13.6. The van der Waals surface area contributed by atoms with Gasteiger partial charge in [0, 0.05) is 11.8 Å². The molecule has 0 bridgehead atoms. The molecular weight excluding hydrogens is 310 g/mol. The Morgan fingerprint density at radius 1 is 1.38 bits per heavy atom. The number of nitrogens with zero attached hydrogens (tertiary/aromatic N) is 2. The molecule has 126 valence electrons. The summed E-state index contributed by atoms with van der Waals surface area (Å²) in [6.07, 6.45) is 2.16. The van der Waals surface area contributed by atoms with Crippen molar-refractivity contribution in [2.45, 2.75) is 32.7 Å². The van der Waals surface area contributed by atoms with Crippen molar-refractivity contribution in [3.63, 3.8) is 0 Å². The van der Waals surface area contributed by atoms with Gasteiger partial charge in [0.25, 0.3) is 5.69 Å². The van der Waals surface area contributed by atoms with Crippen LogP contribution >= 0.6 is 0 Å². The highest BCUT2D eigenvalue weighted by Gasteiger charge is 2.34. The number of aliphatic imine (C=N–C) groups is 1. The van der Waals surface area contributed by atoms with E-state index in [1.807, 2.05) is 0 Å². The summed E-state index contributed by atoms with van der Waals surface area (Å²) in [5.41, 5.74) is 1.28. The predicted octanol–water partition coefficient (Wildman–Crippen LogP) is 2.88. The number of esters is 1. The number of nitrogens with one attached hydrogen (secondary N) is 1. The molecule has 1 saturated carbocycles. The van der Waals surface area contributed by atoms with Gasteiger partial charge in [0.15, 0.2) is 0 Å². The Morgan fingerprint density at radius 2 is 2.08 bits per heavy atom. The van der Waals surface area contributed by atoms with E-state index in [0.717, 1.165) is 12.8 Å². The van der Waals surface area contributed by atoms with Gasteiger partial charge in [-0.2, -0.15) is 0 Å². The summed E-state index contributed by atoms with van der Waals surface area (Å²) in [5.74, 6) is 0.585. The molecular formula is C17H19N3O4. The Kier molecular flexibility index (Phi) is 4.33. The number of para-hydroxylation sites is 1. The van der Waals surface area contributed by atoms with Gasteiger partial charge in [0.2, 0.25) is 0 Å². The number of ether oxygens (including phenoxy) is 1. The second-order valence-corrected chi connectivity index (χ2v) is 6.14. The molecule has 7 heteroatoms. The third-order valence-corrected chi connectivity index (χ3v) is 4.16. The Labute approximate surface area is 139 Å². The molecule has 0 radical (unpaired) electrons. The van der Waals surface area contributed by atoms with Crippen molar-refractivity contribution in [3.05, 3.63) is 51.2 Å². The fourth-order valence-electron chi connectivity index (χ4n) is 2.76. The Bertz CT molecular complexity index is 750.